The highest BCUT2D eigenvalue weighted by Gasteiger charge is 2.46. The molecular weight excluding hydrogens is 509 g/mol. The molecule has 6 nitrogen and oxygen atoms in total. The Morgan fingerprint density at radius 1 is 1.00 bits per heavy atom. The molecule has 210 valence electrons. The molecule has 1 aliphatic rings. The van der Waals surface area contributed by atoms with Gasteiger partial charge in [0.05, 0.1) is 24.8 Å². The SMILES string of the molecule is COc1cc(C)c(/C(O)=C2\C(=O)C(=O)N(CCc3ccc(F)cc3)C2c2ccc(OC(C)C)cc2)cc1C(C)C. The van der Waals surface area contributed by atoms with Crippen LogP contribution in [0, 0.1) is 12.7 Å². The number of methoxy groups -OCH3 is 1. The van der Waals surface area contributed by atoms with Crippen molar-refractivity contribution in [3.05, 3.63) is 99.9 Å². The summed E-state index contributed by atoms with van der Waals surface area (Å²) in [4.78, 5) is 28.4. The highest BCUT2D eigenvalue weighted by molar-refractivity contribution is 6.46. The van der Waals surface area contributed by atoms with Crippen LogP contribution in [0.2, 0.25) is 0 Å². The molecule has 0 aliphatic carbocycles. The topological polar surface area (TPSA) is 76.1 Å². The molecule has 1 N–H and O–H groups in total. The Morgan fingerprint density at radius 3 is 2.23 bits per heavy atom. The minimum atomic E-state index is -0.808. The van der Waals surface area contributed by atoms with Crippen LogP contribution in [0.5, 0.6) is 11.5 Å². The van der Waals surface area contributed by atoms with E-state index in [1.807, 2.05) is 58.9 Å². The Kier molecular flexibility index (Phi) is 8.62. The third-order valence-electron chi connectivity index (χ3n) is 7.12. The minimum absolute atomic E-state index is 0.0135. The third kappa shape index (κ3) is 5.88. The molecule has 1 amide bonds. The van der Waals surface area contributed by atoms with Crippen molar-refractivity contribution < 1.29 is 28.6 Å². The Morgan fingerprint density at radius 2 is 1.65 bits per heavy atom. The minimum Gasteiger partial charge on any atom is -0.507 e. The van der Waals surface area contributed by atoms with Gasteiger partial charge < -0.3 is 19.5 Å². The number of aryl methyl sites for hydroxylation is 1. The van der Waals surface area contributed by atoms with Gasteiger partial charge in [-0.1, -0.05) is 38.1 Å². The van der Waals surface area contributed by atoms with E-state index >= 15 is 0 Å². The van der Waals surface area contributed by atoms with Crippen LogP contribution in [0.15, 0.2) is 66.2 Å². The van der Waals surface area contributed by atoms with Gasteiger partial charge in [0.1, 0.15) is 23.1 Å². The van der Waals surface area contributed by atoms with Gasteiger partial charge in [-0.3, -0.25) is 9.59 Å². The van der Waals surface area contributed by atoms with Crippen LogP contribution in [0.4, 0.5) is 4.39 Å². The lowest BCUT2D eigenvalue weighted by Gasteiger charge is -2.26. The Bertz CT molecular complexity index is 1420. The number of ether oxygens (including phenoxy) is 2. The molecule has 1 fully saturated rings. The van der Waals surface area contributed by atoms with Crippen molar-refractivity contribution >= 4 is 17.4 Å². The molecule has 1 aliphatic heterocycles. The number of aliphatic hydroxyl groups excluding tert-OH is 1. The van der Waals surface area contributed by atoms with Gasteiger partial charge in [-0.25, -0.2) is 4.39 Å². The highest BCUT2D eigenvalue weighted by Crippen LogP contribution is 2.41. The van der Waals surface area contributed by atoms with Crippen molar-refractivity contribution in [2.24, 2.45) is 0 Å². The number of rotatable bonds is 9. The van der Waals surface area contributed by atoms with Crippen molar-refractivity contribution in [1.29, 1.82) is 0 Å². The fraction of sp³-hybridized carbons (Fsp3) is 0.333. The monoisotopic (exact) mass is 545 g/mol. The van der Waals surface area contributed by atoms with E-state index in [2.05, 4.69) is 0 Å². The number of hydrogen-bond acceptors (Lipinski definition) is 5. The van der Waals surface area contributed by atoms with Crippen molar-refractivity contribution in [3.8, 4) is 11.5 Å². The second-order valence-corrected chi connectivity index (χ2v) is 10.7. The molecule has 1 saturated heterocycles. The summed E-state index contributed by atoms with van der Waals surface area (Å²) in [6.07, 6.45) is 0.401. The lowest BCUT2D eigenvalue weighted by Crippen LogP contribution is -2.31. The molecule has 0 spiro atoms. The van der Waals surface area contributed by atoms with Crippen LogP contribution in [0.1, 0.15) is 67.5 Å². The molecule has 1 unspecified atom stereocenters. The standard InChI is InChI=1S/C33H36FNO5/c1-19(2)26-18-27(21(5)17-28(26)39-6)31(36)29-30(23-9-13-25(14-10-23)40-20(3)4)35(33(38)32(29)37)16-15-22-7-11-24(34)12-8-22/h7-14,17-20,30,36H,15-16H2,1-6H3/b31-29+. The van der Waals surface area contributed by atoms with Crippen LogP contribution < -0.4 is 9.47 Å². The fourth-order valence-electron chi connectivity index (χ4n) is 5.09. The summed E-state index contributed by atoms with van der Waals surface area (Å²) in [5.41, 5.74) is 3.61. The number of benzene rings is 3. The van der Waals surface area contributed by atoms with Gasteiger partial charge in [0.15, 0.2) is 0 Å². The molecule has 3 aromatic carbocycles. The van der Waals surface area contributed by atoms with Crippen LogP contribution in [0.3, 0.4) is 0 Å². The van der Waals surface area contributed by atoms with Crippen molar-refractivity contribution in [3.63, 3.8) is 0 Å². The molecule has 7 heteroatoms. The van der Waals surface area contributed by atoms with Gasteiger partial charge >= 0.3 is 0 Å². The molecule has 0 radical (unpaired) electrons. The number of amides is 1. The predicted octanol–water partition coefficient (Wildman–Crippen LogP) is 6.72. The van der Waals surface area contributed by atoms with Gasteiger partial charge in [-0.05, 0) is 91.8 Å². The molecule has 0 saturated carbocycles. The molecule has 1 heterocycles. The Labute approximate surface area is 235 Å². The van der Waals surface area contributed by atoms with Crippen LogP contribution >= 0.6 is 0 Å². The summed E-state index contributed by atoms with van der Waals surface area (Å²) in [5, 5.41) is 11.7. The predicted molar refractivity (Wildman–Crippen MR) is 153 cm³/mol. The quantitative estimate of drug-likeness (QED) is 0.184. The lowest BCUT2D eigenvalue weighted by atomic mass is 9.91. The number of hydrogen-bond donors (Lipinski definition) is 1. The zero-order chi connectivity index (χ0) is 29.1. The summed E-state index contributed by atoms with van der Waals surface area (Å²) in [6.45, 7) is 9.94. The number of aliphatic hydroxyl groups is 1. The summed E-state index contributed by atoms with van der Waals surface area (Å²) in [7, 11) is 1.60. The van der Waals surface area contributed by atoms with Crippen molar-refractivity contribution in [2.75, 3.05) is 13.7 Å². The first-order valence-corrected chi connectivity index (χ1v) is 13.5. The average molecular weight is 546 g/mol. The fourth-order valence-corrected chi connectivity index (χ4v) is 5.09. The first-order chi connectivity index (χ1) is 19.0. The second kappa shape index (κ2) is 11.9. The zero-order valence-electron chi connectivity index (χ0n) is 23.8. The molecule has 0 aromatic heterocycles. The van der Waals surface area contributed by atoms with Crippen LogP contribution in [-0.4, -0.2) is 41.5 Å². The maximum absolute atomic E-state index is 13.5. The summed E-state index contributed by atoms with van der Waals surface area (Å²) in [5.74, 6) is -0.544. The van der Waals surface area contributed by atoms with Crippen LogP contribution in [0.25, 0.3) is 5.76 Å². The maximum atomic E-state index is 13.5. The number of halogens is 1. The number of likely N-dealkylation sites (tertiary alicyclic amines) is 1. The lowest BCUT2D eigenvalue weighted by molar-refractivity contribution is -0.139. The van der Waals surface area contributed by atoms with Gasteiger partial charge in [-0.15, -0.1) is 0 Å². The number of Topliss-reactive ketones (excluding diaryl/α,β-unsaturated/α-hetero) is 1. The van der Waals surface area contributed by atoms with Gasteiger partial charge in [-0.2, -0.15) is 0 Å². The first kappa shape index (κ1) is 28.9. The van der Waals surface area contributed by atoms with Gasteiger partial charge in [0.2, 0.25) is 0 Å². The van der Waals surface area contributed by atoms with Crippen molar-refractivity contribution in [2.45, 2.75) is 59.1 Å². The maximum Gasteiger partial charge on any atom is 0.295 e. The molecule has 4 rings (SSSR count). The smallest absolute Gasteiger partial charge is 0.295 e. The molecule has 3 aromatic rings. The van der Waals surface area contributed by atoms with Crippen molar-refractivity contribution in [1.82, 2.24) is 4.90 Å². The van der Waals surface area contributed by atoms with E-state index in [0.29, 0.717) is 29.0 Å². The second-order valence-electron chi connectivity index (χ2n) is 10.7. The molecule has 0 bridgehead atoms. The van der Waals surface area contributed by atoms with E-state index in [9.17, 15) is 19.1 Å². The molecular formula is C33H36FNO5. The molecule has 1 atom stereocenters. The summed E-state index contributed by atoms with van der Waals surface area (Å²) in [6, 6.07) is 16.1. The summed E-state index contributed by atoms with van der Waals surface area (Å²) >= 11 is 0. The Hall–Kier alpha value is -4.13. The number of nitrogens with zero attached hydrogens (tertiary/aromatic N) is 1. The first-order valence-electron chi connectivity index (χ1n) is 13.5. The number of carbonyl (C=O) groups excluding carboxylic acids is 2. The van der Waals surface area contributed by atoms with E-state index in [0.717, 1.165) is 16.7 Å². The third-order valence-corrected chi connectivity index (χ3v) is 7.12. The Balaban J connectivity index is 1.83. The number of carbonyl (C=O) groups is 2. The summed E-state index contributed by atoms with van der Waals surface area (Å²) < 4.78 is 24.8. The average Bonchev–Trinajstić information content (AvgIpc) is 3.17. The normalized spacial score (nSPS) is 16.7. The van der Waals surface area contributed by atoms with Gasteiger partial charge in [0.25, 0.3) is 11.7 Å². The zero-order valence-corrected chi connectivity index (χ0v) is 23.8. The van der Waals surface area contributed by atoms with E-state index in [-0.39, 0.29) is 35.7 Å². The largest absolute Gasteiger partial charge is 0.507 e. The van der Waals surface area contributed by atoms with E-state index < -0.39 is 17.7 Å². The molecule has 40 heavy (non-hydrogen) atoms. The van der Waals surface area contributed by atoms with E-state index in [1.54, 1.807) is 31.4 Å². The van der Waals surface area contributed by atoms with E-state index in [4.69, 9.17) is 9.47 Å². The number of ketones is 1. The van der Waals surface area contributed by atoms with E-state index in [1.165, 1.54) is 17.0 Å². The van der Waals surface area contributed by atoms with Gasteiger partial charge in [0, 0.05) is 12.1 Å². The highest BCUT2D eigenvalue weighted by atomic mass is 19.1. The van der Waals surface area contributed by atoms with Crippen LogP contribution in [-0.2, 0) is 16.0 Å².